The van der Waals surface area contributed by atoms with Gasteiger partial charge in [-0.15, -0.1) is 0 Å². The first kappa shape index (κ1) is 15.3. The van der Waals surface area contributed by atoms with Crippen LogP contribution in [-0.4, -0.2) is 27.7 Å². The van der Waals surface area contributed by atoms with Crippen molar-refractivity contribution >= 4 is 5.95 Å². The maximum Gasteiger partial charge on any atom is 0.227 e. The highest BCUT2D eigenvalue weighted by atomic mass is 19.2. The van der Waals surface area contributed by atoms with Crippen molar-refractivity contribution in [2.24, 2.45) is 0 Å². The molecule has 3 rings (SSSR count). The van der Waals surface area contributed by atoms with Gasteiger partial charge < -0.3 is 10.0 Å². The van der Waals surface area contributed by atoms with Crippen molar-refractivity contribution in [2.75, 3.05) is 11.4 Å². The Morgan fingerprint density at radius 2 is 2.04 bits per heavy atom. The quantitative estimate of drug-likeness (QED) is 0.920. The van der Waals surface area contributed by atoms with E-state index in [-0.39, 0.29) is 18.3 Å². The van der Waals surface area contributed by atoms with Gasteiger partial charge in [-0.2, -0.15) is 5.26 Å². The van der Waals surface area contributed by atoms with Crippen molar-refractivity contribution < 1.29 is 13.9 Å². The Hall–Kier alpha value is -2.59. The van der Waals surface area contributed by atoms with Crippen molar-refractivity contribution in [3.63, 3.8) is 0 Å². The van der Waals surface area contributed by atoms with E-state index in [0.29, 0.717) is 23.6 Å². The molecule has 5 nitrogen and oxygen atoms in total. The number of halogens is 2. The van der Waals surface area contributed by atoms with Crippen molar-refractivity contribution in [3.8, 4) is 6.07 Å². The van der Waals surface area contributed by atoms with E-state index in [1.807, 2.05) is 6.07 Å². The number of nitriles is 1. The Morgan fingerprint density at radius 3 is 2.74 bits per heavy atom. The van der Waals surface area contributed by atoms with Crippen molar-refractivity contribution in [1.29, 1.82) is 5.26 Å². The van der Waals surface area contributed by atoms with E-state index < -0.39 is 17.7 Å². The molecule has 2 atom stereocenters. The van der Waals surface area contributed by atoms with Crippen LogP contribution in [0.4, 0.5) is 14.7 Å². The van der Waals surface area contributed by atoms with Gasteiger partial charge in [0, 0.05) is 12.2 Å². The molecule has 7 heteroatoms. The predicted molar refractivity (Wildman–Crippen MR) is 78.6 cm³/mol. The first-order valence-corrected chi connectivity index (χ1v) is 7.13. The molecule has 23 heavy (non-hydrogen) atoms. The van der Waals surface area contributed by atoms with Gasteiger partial charge in [0.15, 0.2) is 11.6 Å². The van der Waals surface area contributed by atoms with Crippen LogP contribution in [0, 0.1) is 29.9 Å². The van der Waals surface area contributed by atoms with Gasteiger partial charge in [-0.25, -0.2) is 18.7 Å². The second-order valence-corrected chi connectivity index (χ2v) is 5.54. The van der Waals surface area contributed by atoms with Crippen LogP contribution in [0.3, 0.4) is 0 Å². The molecule has 1 aromatic carbocycles. The largest absolute Gasteiger partial charge is 0.391 e. The van der Waals surface area contributed by atoms with Gasteiger partial charge in [-0.05, 0) is 37.1 Å². The fraction of sp³-hybridized carbons (Fsp3) is 0.312. The van der Waals surface area contributed by atoms with Crippen molar-refractivity contribution in [2.45, 2.75) is 25.5 Å². The van der Waals surface area contributed by atoms with Gasteiger partial charge in [-0.3, -0.25) is 0 Å². The third kappa shape index (κ3) is 2.98. The first-order valence-electron chi connectivity index (χ1n) is 7.13. The molecule has 0 radical (unpaired) electrons. The minimum absolute atomic E-state index is 0.220. The summed E-state index contributed by atoms with van der Waals surface area (Å²) in [7, 11) is 0. The van der Waals surface area contributed by atoms with Gasteiger partial charge in [0.1, 0.15) is 11.8 Å². The zero-order chi connectivity index (χ0) is 16.6. The highest BCUT2D eigenvalue weighted by Gasteiger charge is 2.34. The Balaban J connectivity index is 2.01. The summed E-state index contributed by atoms with van der Waals surface area (Å²) in [5.74, 6) is -1.56. The SMILES string of the molecule is Cc1cc(C#N)nc(N2C[C@H](O)C[C@@H]2c2ccc(F)c(F)c2)n1. The van der Waals surface area contributed by atoms with Crippen LogP contribution >= 0.6 is 0 Å². The lowest BCUT2D eigenvalue weighted by molar-refractivity contribution is 0.194. The summed E-state index contributed by atoms with van der Waals surface area (Å²) in [6, 6.07) is 6.80. The number of nitrogens with zero attached hydrogens (tertiary/aromatic N) is 4. The lowest BCUT2D eigenvalue weighted by Gasteiger charge is -2.25. The monoisotopic (exact) mass is 316 g/mol. The van der Waals surface area contributed by atoms with Crippen LogP contribution in [0.1, 0.15) is 29.4 Å². The maximum absolute atomic E-state index is 13.5. The lowest BCUT2D eigenvalue weighted by Crippen LogP contribution is -2.26. The van der Waals surface area contributed by atoms with Gasteiger partial charge in [0.2, 0.25) is 5.95 Å². The zero-order valence-corrected chi connectivity index (χ0v) is 12.4. The summed E-state index contributed by atoms with van der Waals surface area (Å²) in [4.78, 5) is 10.2. The number of aliphatic hydroxyl groups is 1. The minimum atomic E-state index is -0.938. The number of anilines is 1. The zero-order valence-electron chi connectivity index (χ0n) is 12.4. The highest BCUT2D eigenvalue weighted by Crippen LogP contribution is 2.35. The molecule has 2 heterocycles. The summed E-state index contributed by atoms with van der Waals surface area (Å²) >= 11 is 0. The number of benzene rings is 1. The predicted octanol–water partition coefficient (Wildman–Crippen LogP) is 2.25. The Labute approximate surface area is 131 Å². The third-order valence-electron chi connectivity index (χ3n) is 3.82. The van der Waals surface area contributed by atoms with Gasteiger partial charge in [0.25, 0.3) is 0 Å². The topological polar surface area (TPSA) is 73.0 Å². The molecular formula is C16H14F2N4O. The average Bonchev–Trinajstić information content (AvgIpc) is 2.91. The average molecular weight is 316 g/mol. The van der Waals surface area contributed by atoms with Crippen LogP contribution in [0.25, 0.3) is 0 Å². The van der Waals surface area contributed by atoms with Crippen molar-refractivity contribution in [3.05, 3.63) is 52.9 Å². The molecule has 0 bridgehead atoms. The fourth-order valence-corrected chi connectivity index (χ4v) is 2.81. The molecule has 1 aliphatic heterocycles. The van der Waals surface area contributed by atoms with Crippen LogP contribution in [0.5, 0.6) is 0 Å². The van der Waals surface area contributed by atoms with E-state index in [4.69, 9.17) is 5.26 Å². The molecule has 0 saturated carbocycles. The molecule has 1 saturated heterocycles. The normalized spacial score (nSPS) is 20.6. The van der Waals surface area contributed by atoms with Gasteiger partial charge >= 0.3 is 0 Å². The molecule has 2 aromatic rings. The van der Waals surface area contributed by atoms with Crippen LogP contribution in [0.15, 0.2) is 24.3 Å². The van der Waals surface area contributed by atoms with E-state index in [2.05, 4.69) is 9.97 Å². The standard InChI is InChI=1S/C16H14F2N4O/c1-9-4-11(7-19)21-16(20-9)22-8-12(23)6-15(22)10-2-3-13(17)14(18)5-10/h2-5,12,15,23H,6,8H2,1H3/t12-,15-/m1/s1. The number of hydrogen-bond acceptors (Lipinski definition) is 5. The van der Waals surface area contributed by atoms with Gasteiger partial charge in [0.05, 0.1) is 12.1 Å². The summed E-state index contributed by atoms with van der Waals surface area (Å²) in [6.07, 6.45) is -0.285. The Morgan fingerprint density at radius 1 is 1.26 bits per heavy atom. The summed E-state index contributed by atoms with van der Waals surface area (Å²) < 4.78 is 26.6. The van der Waals surface area contributed by atoms with E-state index in [1.54, 1.807) is 17.9 Å². The van der Waals surface area contributed by atoms with E-state index in [0.717, 1.165) is 12.1 Å². The summed E-state index contributed by atoms with van der Waals surface area (Å²) in [6.45, 7) is 2.00. The van der Waals surface area contributed by atoms with Crippen LogP contribution in [-0.2, 0) is 0 Å². The molecule has 0 amide bonds. The number of hydrogen-bond donors (Lipinski definition) is 1. The molecule has 0 aliphatic carbocycles. The molecule has 118 valence electrons. The molecule has 0 unspecified atom stereocenters. The van der Waals surface area contributed by atoms with Crippen molar-refractivity contribution in [1.82, 2.24) is 9.97 Å². The Bertz CT molecular complexity index is 790. The van der Waals surface area contributed by atoms with Crippen LogP contribution < -0.4 is 4.90 Å². The third-order valence-corrected chi connectivity index (χ3v) is 3.82. The number of aryl methyl sites for hydroxylation is 1. The molecular weight excluding hydrogens is 302 g/mol. The Kier molecular flexibility index (Phi) is 3.92. The number of β-amino-alcohol motifs (C(OH)–C–C–N with tert-alkyl or cyclic N) is 1. The number of rotatable bonds is 2. The van der Waals surface area contributed by atoms with E-state index in [9.17, 15) is 13.9 Å². The molecule has 1 aliphatic rings. The second kappa shape index (κ2) is 5.89. The number of aromatic nitrogens is 2. The molecule has 1 fully saturated rings. The minimum Gasteiger partial charge on any atom is -0.391 e. The second-order valence-electron chi connectivity index (χ2n) is 5.54. The summed E-state index contributed by atoms with van der Waals surface area (Å²) in [5.41, 5.74) is 1.37. The maximum atomic E-state index is 13.5. The van der Waals surface area contributed by atoms with E-state index >= 15 is 0 Å². The molecule has 1 N–H and O–H groups in total. The van der Waals surface area contributed by atoms with Gasteiger partial charge in [-0.1, -0.05) is 6.07 Å². The summed E-state index contributed by atoms with van der Waals surface area (Å²) in [5, 5.41) is 19.0. The van der Waals surface area contributed by atoms with Crippen LogP contribution in [0.2, 0.25) is 0 Å². The lowest BCUT2D eigenvalue weighted by atomic mass is 10.0. The first-order chi connectivity index (χ1) is 11.0. The fourth-order valence-electron chi connectivity index (χ4n) is 2.81. The molecule has 1 aromatic heterocycles. The van der Waals surface area contributed by atoms with E-state index in [1.165, 1.54) is 6.07 Å². The highest BCUT2D eigenvalue weighted by molar-refractivity contribution is 5.42. The number of aliphatic hydroxyl groups excluding tert-OH is 1. The molecule has 0 spiro atoms. The smallest absolute Gasteiger partial charge is 0.227 e.